The summed E-state index contributed by atoms with van der Waals surface area (Å²) >= 11 is 0. The first-order valence-electron chi connectivity index (χ1n) is 11.3. The van der Waals surface area contributed by atoms with Crippen molar-refractivity contribution in [2.45, 2.75) is 19.0 Å². The van der Waals surface area contributed by atoms with Gasteiger partial charge in [0.1, 0.15) is 11.5 Å². The molecule has 1 fully saturated rings. The van der Waals surface area contributed by atoms with E-state index < -0.39 is 0 Å². The number of amides is 1. The molecular weight excluding hydrogens is 436 g/mol. The largest absolute Gasteiger partial charge is 0.497 e. The number of hydrogen-bond acceptors (Lipinski definition) is 7. The summed E-state index contributed by atoms with van der Waals surface area (Å²) in [5, 5.41) is 14.3. The fraction of sp³-hybridized carbons (Fsp3) is 0.320. The van der Waals surface area contributed by atoms with Crippen LogP contribution in [-0.2, 0) is 17.8 Å². The van der Waals surface area contributed by atoms with Gasteiger partial charge in [-0.25, -0.2) is 0 Å². The number of carbonyl (C=O) groups is 1. The molecule has 1 aromatic heterocycles. The summed E-state index contributed by atoms with van der Waals surface area (Å²) in [6.45, 7) is 2.46. The summed E-state index contributed by atoms with van der Waals surface area (Å²) in [6, 6.07) is 16.4. The van der Waals surface area contributed by atoms with Gasteiger partial charge < -0.3 is 24.3 Å². The van der Waals surface area contributed by atoms with Gasteiger partial charge in [-0.15, -0.1) is 0 Å². The SMILES string of the molecule is COc1ccc(N2CCN3c4ccc([N+](=O)[O-])cc4C[C@@H](C(=O)NCc4ccco4)[C@@H]3C2)cc1. The third-order valence-corrected chi connectivity index (χ3v) is 6.70. The van der Waals surface area contributed by atoms with Crippen molar-refractivity contribution < 1.29 is 18.9 Å². The molecule has 2 atom stereocenters. The number of ether oxygens (including phenoxy) is 1. The topological polar surface area (TPSA) is 101 Å². The minimum absolute atomic E-state index is 0.0452. The second-order valence-corrected chi connectivity index (χ2v) is 8.58. The number of hydrogen-bond donors (Lipinski definition) is 1. The van der Waals surface area contributed by atoms with Crippen LogP contribution in [0.4, 0.5) is 17.1 Å². The number of rotatable bonds is 6. The molecule has 3 aromatic rings. The molecule has 0 saturated carbocycles. The lowest BCUT2D eigenvalue weighted by molar-refractivity contribution is -0.384. The minimum atomic E-state index is -0.389. The molecule has 2 aliphatic heterocycles. The predicted octanol–water partition coefficient (Wildman–Crippen LogP) is 3.38. The molecule has 1 N–H and O–H groups in total. The predicted molar refractivity (Wildman–Crippen MR) is 127 cm³/mol. The zero-order chi connectivity index (χ0) is 23.7. The molecule has 3 heterocycles. The highest BCUT2D eigenvalue weighted by atomic mass is 16.6. The summed E-state index contributed by atoms with van der Waals surface area (Å²) in [6.07, 6.45) is 2.02. The van der Waals surface area contributed by atoms with E-state index in [4.69, 9.17) is 9.15 Å². The Morgan fingerprint density at radius 2 is 2.03 bits per heavy atom. The molecule has 0 radical (unpaired) electrons. The van der Waals surface area contributed by atoms with Crippen molar-refractivity contribution in [2.75, 3.05) is 36.5 Å². The number of nitrogens with one attached hydrogen (secondary N) is 1. The molecule has 0 bridgehead atoms. The Balaban J connectivity index is 1.43. The Hall–Kier alpha value is -4.01. The quantitative estimate of drug-likeness (QED) is 0.443. The molecule has 1 amide bonds. The zero-order valence-corrected chi connectivity index (χ0v) is 18.8. The molecule has 9 heteroatoms. The van der Waals surface area contributed by atoms with E-state index in [0.717, 1.165) is 29.2 Å². The van der Waals surface area contributed by atoms with Crippen molar-refractivity contribution in [3.63, 3.8) is 0 Å². The summed E-state index contributed by atoms with van der Waals surface area (Å²) in [4.78, 5) is 28.8. The number of piperazine rings is 1. The average Bonchev–Trinajstić information content (AvgIpc) is 3.40. The van der Waals surface area contributed by atoms with E-state index in [1.807, 2.05) is 36.4 Å². The number of benzene rings is 2. The first-order chi connectivity index (χ1) is 16.5. The molecule has 0 aliphatic carbocycles. The Bertz CT molecular complexity index is 1180. The number of nitrogens with zero attached hydrogens (tertiary/aromatic N) is 3. The summed E-state index contributed by atoms with van der Waals surface area (Å²) < 4.78 is 10.6. The second-order valence-electron chi connectivity index (χ2n) is 8.58. The van der Waals surface area contributed by atoms with Gasteiger partial charge in [0.05, 0.1) is 36.8 Å². The molecule has 5 rings (SSSR count). The van der Waals surface area contributed by atoms with Crippen LogP contribution in [0.2, 0.25) is 0 Å². The van der Waals surface area contributed by atoms with Gasteiger partial charge in [0, 0.05) is 43.1 Å². The van der Waals surface area contributed by atoms with Crippen molar-refractivity contribution in [1.29, 1.82) is 0 Å². The van der Waals surface area contributed by atoms with Gasteiger partial charge in [0.15, 0.2) is 0 Å². The molecule has 176 valence electrons. The molecule has 9 nitrogen and oxygen atoms in total. The molecule has 2 aromatic carbocycles. The van der Waals surface area contributed by atoms with Gasteiger partial charge in [-0.3, -0.25) is 14.9 Å². The van der Waals surface area contributed by atoms with Gasteiger partial charge in [0.25, 0.3) is 5.69 Å². The maximum absolute atomic E-state index is 13.4. The Kier molecular flexibility index (Phi) is 5.83. The van der Waals surface area contributed by atoms with Crippen molar-refractivity contribution in [1.82, 2.24) is 5.32 Å². The lowest BCUT2D eigenvalue weighted by Crippen LogP contribution is -2.61. The average molecular weight is 463 g/mol. The van der Waals surface area contributed by atoms with Crippen LogP contribution in [-0.4, -0.2) is 43.6 Å². The van der Waals surface area contributed by atoms with Crippen LogP contribution in [0, 0.1) is 16.0 Å². The maximum atomic E-state index is 13.4. The van der Waals surface area contributed by atoms with E-state index >= 15 is 0 Å². The summed E-state index contributed by atoms with van der Waals surface area (Å²) in [5.41, 5.74) is 2.93. The van der Waals surface area contributed by atoms with Gasteiger partial charge in [0.2, 0.25) is 5.91 Å². The smallest absolute Gasteiger partial charge is 0.269 e. The standard InChI is InChI=1S/C25H26N4O5/c1-33-20-7-4-18(5-8-20)27-10-11-28-23-9-6-19(29(31)32)13-17(23)14-22(24(28)16-27)25(30)26-15-21-3-2-12-34-21/h2-9,12-13,22,24H,10-11,14-16H2,1H3,(H,26,30)/t22-,24+/m1/s1. The van der Waals surface area contributed by atoms with Crippen LogP contribution in [0.1, 0.15) is 11.3 Å². The first-order valence-corrected chi connectivity index (χ1v) is 11.3. The lowest BCUT2D eigenvalue weighted by atomic mass is 9.83. The van der Waals surface area contributed by atoms with Crippen LogP contribution in [0.5, 0.6) is 5.75 Å². The van der Waals surface area contributed by atoms with E-state index in [1.165, 1.54) is 0 Å². The van der Waals surface area contributed by atoms with E-state index in [2.05, 4.69) is 15.1 Å². The fourth-order valence-electron chi connectivity index (χ4n) is 4.97. The Labute approximate surface area is 197 Å². The zero-order valence-electron chi connectivity index (χ0n) is 18.8. The van der Waals surface area contributed by atoms with Crippen LogP contribution in [0.15, 0.2) is 65.3 Å². The van der Waals surface area contributed by atoms with E-state index in [-0.39, 0.29) is 28.5 Å². The van der Waals surface area contributed by atoms with Crippen molar-refractivity contribution in [3.8, 4) is 5.75 Å². The number of nitro groups is 1. The highest BCUT2D eigenvalue weighted by molar-refractivity contribution is 5.82. The number of non-ortho nitro benzene ring substituents is 1. The van der Waals surface area contributed by atoms with Gasteiger partial charge in [-0.05, 0) is 54.4 Å². The van der Waals surface area contributed by atoms with Gasteiger partial charge in [-0.1, -0.05) is 0 Å². The third-order valence-electron chi connectivity index (χ3n) is 6.70. The second kappa shape index (κ2) is 9.09. The van der Waals surface area contributed by atoms with Crippen molar-refractivity contribution in [2.24, 2.45) is 5.92 Å². The first kappa shape index (κ1) is 21.8. The van der Waals surface area contributed by atoms with Gasteiger partial charge in [-0.2, -0.15) is 0 Å². The van der Waals surface area contributed by atoms with Crippen LogP contribution < -0.4 is 19.9 Å². The fourth-order valence-corrected chi connectivity index (χ4v) is 4.97. The monoisotopic (exact) mass is 462 g/mol. The Morgan fingerprint density at radius 1 is 1.21 bits per heavy atom. The highest BCUT2D eigenvalue weighted by Gasteiger charge is 2.42. The molecule has 0 unspecified atom stereocenters. The normalized spacial score (nSPS) is 19.2. The molecular formula is C25H26N4O5. The number of anilines is 2. The molecule has 2 aliphatic rings. The van der Waals surface area contributed by atoms with Crippen LogP contribution >= 0.6 is 0 Å². The number of fused-ring (bicyclic) bond motifs is 3. The van der Waals surface area contributed by atoms with Crippen LogP contribution in [0.3, 0.4) is 0 Å². The third kappa shape index (κ3) is 4.16. The Morgan fingerprint density at radius 3 is 2.74 bits per heavy atom. The van der Waals surface area contributed by atoms with E-state index in [1.54, 1.807) is 31.6 Å². The highest BCUT2D eigenvalue weighted by Crippen LogP contribution is 2.38. The van der Waals surface area contributed by atoms with Crippen LogP contribution in [0.25, 0.3) is 0 Å². The lowest BCUT2D eigenvalue weighted by Gasteiger charge is -2.49. The summed E-state index contributed by atoms with van der Waals surface area (Å²) in [5.74, 6) is 1.04. The molecule has 1 saturated heterocycles. The number of furan rings is 1. The number of nitro benzene ring substituents is 1. The summed E-state index contributed by atoms with van der Waals surface area (Å²) in [7, 11) is 1.64. The maximum Gasteiger partial charge on any atom is 0.269 e. The van der Waals surface area contributed by atoms with E-state index in [0.29, 0.717) is 31.8 Å². The molecule has 0 spiro atoms. The van der Waals surface area contributed by atoms with E-state index in [9.17, 15) is 14.9 Å². The number of methoxy groups -OCH3 is 1. The van der Waals surface area contributed by atoms with Crippen molar-refractivity contribution >= 4 is 23.0 Å². The minimum Gasteiger partial charge on any atom is -0.497 e. The van der Waals surface area contributed by atoms with Crippen molar-refractivity contribution in [3.05, 3.63) is 82.3 Å². The number of carbonyl (C=O) groups excluding carboxylic acids is 1. The molecule has 34 heavy (non-hydrogen) atoms. The van der Waals surface area contributed by atoms with Gasteiger partial charge >= 0.3 is 0 Å².